The minimum atomic E-state index is -0.258. The van der Waals surface area contributed by atoms with Crippen LogP contribution in [0, 0.1) is 18.2 Å². The summed E-state index contributed by atoms with van der Waals surface area (Å²) in [7, 11) is 0. The van der Waals surface area contributed by atoms with Gasteiger partial charge in [0.2, 0.25) is 0 Å². The number of anilines is 1. The highest BCUT2D eigenvalue weighted by molar-refractivity contribution is 9.10. The van der Waals surface area contributed by atoms with Crippen molar-refractivity contribution >= 4 is 21.7 Å². The van der Waals surface area contributed by atoms with Crippen molar-refractivity contribution in [3.05, 3.63) is 39.7 Å². The van der Waals surface area contributed by atoms with Gasteiger partial charge in [-0.25, -0.2) is 9.07 Å². The van der Waals surface area contributed by atoms with E-state index >= 15 is 0 Å². The standard InChI is InChI=1S/C15H19BrFN3/c1-9-7-10(17)5-6-12(9)20-14(18)13(16)11(19-20)8-15(2,3)4/h5-7H,8,18H2,1-4H3. The van der Waals surface area contributed by atoms with Gasteiger partial charge in [-0.2, -0.15) is 5.10 Å². The molecule has 2 aromatic rings. The first-order chi connectivity index (χ1) is 9.19. The van der Waals surface area contributed by atoms with E-state index in [2.05, 4.69) is 41.8 Å². The van der Waals surface area contributed by atoms with Crippen LogP contribution in [0.3, 0.4) is 0 Å². The minimum Gasteiger partial charge on any atom is -0.383 e. The van der Waals surface area contributed by atoms with Crippen molar-refractivity contribution in [2.45, 2.75) is 34.1 Å². The number of hydrogen-bond donors (Lipinski definition) is 1. The number of aromatic nitrogens is 2. The van der Waals surface area contributed by atoms with Gasteiger partial charge in [0.25, 0.3) is 0 Å². The molecule has 1 aromatic heterocycles. The second-order valence-electron chi connectivity index (χ2n) is 6.23. The Balaban J connectivity index is 2.50. The number of rotatable bonds is 2. The highest BCUT2D eigenvalue weighted by Crippen LogP contribution is 2.32. The van der Waals surface area contributed by atoms with E-state index in [4.69, 9.17) is 5.73 Å². The van der Waals surface area contributed by atoms with Crippen LogP contribution in [0.1, 0.15) is 32.0 Å². The molecule has 5 heteroatoms. The molecule has 0 aliphatic carbocycles. The van der Waals surface area contributed by atoms with Gasteiger partial charge >= 0.3 is 0 Å². The summed E-state index contributed by atoms with van der Waals surface area (Å²) < 4.78 is 15.7. The highest BCUT2D eigenvalue weighted by Gasteiger charge is 2.20. The monoisotopic (exact) mass is 339 g/mol. The summed E-state index contributed by atoms with van der Waals surface area (Å²) in [4.78, 5) is 0. The van der Waals surface area contributed by atoms with Gasteiger partial charge in [0.1, 0.15) is 11.6 Å². The van der Waals surface area contributed by atoms with Crippen LogP contribution < -0.4 is 5.73 Å². The van der Waals surface area contributed by atoms with Crippen LogP contribution in [0.4, 0.5) is 10.2 Å². The molecule has 108 valence electrons. The number of benzene rings is 1. The predicted molar refractivity (Wildman–Crippen MR) is 83.5 cm³/mol. The topological polar surface area (TPSA) is 43.8 Å². The molecule has 1 heterocycles. The summed E-state index contributed by atoms with van der Waals surface area (Å²) in [6.45, 7) is 8.30. The Morgan fingerprint density at radius 2 is 2.00 bits per heavy atom. The SMILES string of the molecule is Cc1cc(F)ccc1-n1nc(CC(C)(C)C)c(Br)c1N. The number of halogens is 2. The Labute approximate surface area is 127 Å². The third-order valence-corrected chi connectivity index (χ3v) is 3.88. The smallest absolute Gasteiger partial charge is 0.141 e. The van der Waals surface area contributed by atoms with Gasteiger partial charge in [0.15, 0.2) is 0 Å². The molecule has 1 aromatic carbocycles. The number of aryl methyl sites for hydroxylation is 1. The molecule has 0 atom stereocenters. The summed E-state index contributed by atoms with van der Waals surface area (Å²) in [5.41, 5.74) is 8.75. The van der Waals surface area contributed by atoms with E-state index in [1.807, 2.05) is 6.92 Å². The van der Waals surface area contributed by atoms with Gasteiger partial charge in [-0.05, 0) is 58.5 Å². The molecule has 20 heavy (non-hydrogen) atoms. The largest absolute Gasteiger partial charge is 0.383 e. The Hall–Kier alpha value is -1.36. The molecule has 0 spiro atoms. The van der Waals surface area contributed by atoms with Crippen molar-refractivity contribution in [2.24, 2.45) is 5.41 Å². The lowest BCUT2D eigenvalue weighted by Crippen LogP contribution is -2.10. The summed E-state index contributed by atoms with van der Waals surface area (Å²) in [5, 5.41) is 4.58. The van der Waals surface area contributed by atoms with Gasteiger partial charge in [-0.3, -0.25) is 0 Å². The first-order valence-electron chi connectivity index (χ1n) is 6.48. The quantitative estimate of drug-likeness (QED) is 0.888. The zero-order valence-corrected chi connectivity index (χ0v) is 13.8. The lowest BCUT2D eigenvalue weighted by Gasteiger charge is -2.16. The van der Waals surface area contributed by atoms with Crippen molar-refractivity contribution < 1.29 is 4.39 Å². The van der Waals surface area contributed by atoms with E-state index in [1.54, 1.807) is 10.7 Å². The van der Waals surface area contributed by atoms with Crippen LogP contribution in [0.2, 0.25) is 0 Å². The normalized spacial score (nSPS) is 11.9. The zero-order valence-electron chi connectivity index (χ0n) is 12.2. The average molecular weight is 340 g/mol. The van der Waals surface area contributed by atoms with Gasteiger partial charge in [0, 0.05) is 0 Å². The van der Waals surface area contributed by atoms with Crippen molar-refractivity contribution in [3.63, 3.8) is 0 Å². The van der Waals surface area contributed by atoms with Gasteiger partial charge in [0.05, 0.1) is 15.9 Å². The maximum Gasteiger partial charge on any atom is 0.141 e. The van der Waals surface area contributed by atoms with E-state index in [0.29, 0.717) is 5.82 Å². The van der Waals surface area contributed by atoms with E-state index in [0.717, 1.165) is 27.8 Å². The summed E-state index contributed by atoms with van der Waals surface area (Å²) in [6.07, 6.45) is 0.811. The van der Waals surface area contributed by atoms with Crippen molar-refractivity contribution in [1.82, 2.24) is 9.78 Å². The Bertz CT molecular complexity index is 641. The highest BCUT2D eigenvalue weighted by atomic mass is 79.9. The van der Waals surface area contributed by atoms with Gasteiger partial charge < -0.3 is 5.73 Å². The molecule has 2 rings (SSSR count). The molecule has 0 amide bonds. The summed E-state index contributed by atoms with van der Waals surface area (Å²) in [6, 6.07) is 4.59. The molecule has 0 saturated heterocycles. The molecule has 0 bridgehead atoms. The maximum atomic E-state index is 13.2. The number of nitrogens with zero attached hydrogens (tertiary/aromatic N) is 2. The van der Waals surface area contributed by atoms with Gasteiger partial charge in [-0.15, -0.1) is 0 Å². The van der Waals surface area contributed by atoms with Crippen LogP contribution >= 0.6 is 15.9 Å². The fourth-order valence-corrected chi connectivity index (χ4v) is 2.50. The first-order valence-corrected chi connectivity index (χ1v) is 7.28. The molecular formula is C15H19BrFN3. The minimum absolute atomic E-state index is 0.117. The Morgan fingerprint density at radius 1 is 1.35 bits per heavy atom. The van der Waals surface area contributed by atoms with E-state index in [9.17, 15) is 4.39 Å². The van der Waals surface area contributed by atoms with E-state index < -0.39 is 0 Å². The average Bonchev–Trinajstić information content (AvgIpc) is 2.56. The molecule has 0 aliphatic heterocycles. The zero-order chi connectivity index (χ0) is 15.1. The van der Waals surface area contributed by atoms with Crippen molar-refractivity contribution in [1.29, 1.82) is 0 Å². The molecule has 3 nitrogen and oxygen atoms in total. The lowest BCUT2D eigenvalue weighted by molar-refractivity contribution is 0.404. The van der Waals surface area contributed by atoms with E-state index in [1.165, 1.54) is 12.1 Å². The molecule has 0 aliphatic rings. The number of nitrogen functional groups attached to an aromatic ring is 1. The predicted octanol–water partition coefficient (Wildman–Crippen LogP) is 4.25. The maximum absolute atomic E-state index is 13.2. The Morgan fingerprint density at radius 3 is 2.55 bits per heavy atom. The fourth-order valence-electron chi connectivity index (χ4n) is 2.11. The van der Waals surface area contributed by atoms with Crippen LogP contribution in [0.5, 0.6) is 0 Å². The van der Waals surface area contributed by atoms with Crippen LogP contribution in [-0.2, 0) is 6.42 Å². The van der Waals surface area contributed by atoms with E-state index in [-0.39, 0.29) is 11.2 Å². The number of nitrogens with two attached hydrogens (primary N) is 1. The second-order valence-corrected chi connectivity index (χ2v) is 7.02. The van der Waals surface area contributed by atoms with Crippen molar-refractivity contribution in [2.75, 3.05) is 5.73 Å². The summed E-state index contributed by atoms with van der Waals surface area (Å²) in [5.74, 6) is 0.282. The molecular weight excluding hydrogens is 321 g/mol. The number of hydrogen-bond acceptors (Lipinski definition) is 2. The molecule has 0 radical (unpaired) electrons. The third-order valence-electron chi connectivity index (χ3n) is 3.01. The van der Waals surface area contributed by atoms with Crippen LogP contribution in [0.25, 0.3) is 5.69 Å². The lowest BCUT2D eigenvalue weighted by atomic mass is 9.91. The fraction of sp³-hybridized carbons (Fsp3) is 0.400. The van der Waals surface area contributed by atoms with Crippen LogP contribution in [-0.4, -0.2) is 9.78 Å². The summed E-state index contributed by atoms with van der Waals surface area (Å²) >= 11 is 3.51. The van der Waals surface area contributed by atoms with Crippen LogP contribution in [0.15, 0.2) is 22.7 Å². The van der Waals surface area contributed by atoms with Gasteiger partial charge in [-0.1, -0.05) is 20.8 Å². The molecule has 0 fully saturated rings. The third kappa shape index (κ3) is 3.03. The molecule has 2 N–H and O–H groups in total. The molecule has 0 unspecified atom stereocenters. The second kappa shape index (κ2) is 5.20. The van der Waals surface area contributed by atoms with Crippen molar-refractivity contribution in [3.8, 4) is 5.69 Å². The Kier molecular flexibility index (Phi) is 3.91. The molecule has 0 saturated carbocycles. The first kappa shape index (κ1) is 15.0.